The number of anilines is 1. The number of thioether (sulfide) groups is 1. The van der Waals surface area contributed by atoms with Gasteiger partial charge in [-0.15, -0.1) is 0 Å². The van der Waals surface area contributed by atoms with Crippen LogP contribution in [0.5, 0.6) is 0 Å². The van der Waals surface area contributed by atoms with Gasteiger partial charge in [-0.25, -0.2) is 8.42 Å². The van der Waals surface area contributed by atoms with Crippen molar-refractivity contribution in [2.75, 3.05) is 28.8 Å². The molecule has 0 N–H and O–H groups in total. The first-order valence-electron chi connectivity index (χ1n) is 8.14. The Morgan fingerprint density at radius 2 is 2.11 bits per heavy atom. The number of esters is 1. The Balaban J connectivity index is 1.91. The molecule has 2 heterocycles. The number of amidine groups is 1. The summed E-state index contributed by atoms with van der Waals surface area (Å²) in [5.74, 6) is -0.884. The maximum absolute atomic E-state index is 13.1. The van der Waals surface area contributed by atoms with E-state index in [-0.39, 0.29) is 29.6 Å². The quantitative estimate of drug-likeness (QED) is 0.694. The number of ether oxygens (including phenoxy) is 1. The third-order valence-electron chi connectivity index (χ3n) is 4.18. The van der Waals surface area contributed by atoms with Crippen molar-refractivity contribution in [2.24, 2.45) is 4.99 Å². The third kappa shape index (κ3) is 4.40. The van der Waals surface area contributed by atoms with Crippen LogP contribution in [0.2, 0.25) is 0 Å². The summed E-state index contributed by atoms with van der Waals surface area (Å²) in [5, 5.41) is 0.326. The molecule has 1 aromatic carbocycles. The summed E-state index contributed by atoms with van der Waals surface area (Å²) in [6, 6.07) is 3.52. The first-order valence-corrected chi connectivity index (χ1v) is 10.9. The van der Waals surface area contributed by atoms with Crippen LogP contribution in [0.25, 0.3) is 0 Å². The highest BCUT2D eigenvalue weighted by atomic mass is 32.2. The molecule has 6 nitrogen and oxygen atoms in total. The summed E-state index contributed by atoms with van der Waals surface area (Å²) in [4.78, 5) is 17.5. The molecule has 1 fully saturated rings. The minimum absolute atomic E-state index is 0.0612. The molecule has 0 spiro atoms. The molecule has 0 amide bonds. The van der Waals surface area contributed by atoms with Crippen LogP contribution < -0.4 is 4.90 Å². The van der Waals surface area contributed by atoms with Gasteiger partial charge in [0.25, 0.3) is 0 Å². The van der Waals surface area contributed by atoms with Crippen LogP contribution in [0, 0.1) is 0 Å². The van der Waals surface area contributed by atoms with E-state index in [4.69, 9.17) is 4.74 Å². The van der Waals surface area contributed by atoms with Crippen LogP contribution in [0.4, 0.5) is 18.9 Å². The van der Waals surface area contributed by atoms with Gasteiger partial charge in [-0.05, 0) is 25.1 Å². The van der Waals surface area contributed by atoms with Gasteiger partial charge in [0.15, 0.2) is 15.0 Å². The van der Waals surface area contributed by atoms with E-state index < -0.39 is 39.6 Å². The van der Waals surface area contributed by atoms with Crippen LogP contribution in [-0.2, 0) is 25.5 Å². The second-order valence-electron chi connectivity index (χ2n) is 6.14. The molecule has 3 rings (SSSR count). The normalized spacial score (nSPS) is 23.9. The van der Waals surface area contributed by atoms with E-state index in [1.807, 2.05) is 0 Å². The molecule has 27 heavy (non-hydrogen) atoms. The lowest BCUT2D eigenvalue weighted by atomic mass is 10.1. The highest BCUT2D eigenvalue weighted by Gasteiger charge is 2.47. The molecule has 0 unspecified atom stereocenters. The lowest BCUT2D eigenvalue weighted by molar-refractivity contribution is -0.140. The van der Waals surface area contributed by atoms with Gasteiger partial charge in [-0.2, -0.15) is 13.2 Å². The van der Waals surface area contributed by atoms with Gasteiger partial charge in [0.05, 0.1) is 41.5 Å². The van der Waals surface area contributed by atoms with Crippen LogP contribution >= 0.6 is 11.8 Å². The Labute approximate surface area is 158 Å². The van der Waals surface area contributed by atoms with Crippen molar-refractivity contribution in [3.05, 3.63) is 29.8 Å². The fourth-order valence-corrected chi connectivity index (χ4v) is 5.86. The van der Waals surface area contributed by atoms with Gasteiger partial charge in [0.2, 0.25) is 0 Å². The molecule has 11 heteroatoms. The molecule has 0 saturated carbocycles. The first kappa shape index (κ1) is 20.0. The Morgan fingerprint density at radius 3 is 2.78 bits per heavy atom. The number of fused-ring (bicyclic) bond motifs is 1. The van der Waals surface area contributed by atoms with Crippen molar-refractivity contribution in [1.29, 1.82) is 0 Å². The van der Waals surface area contributed by atoms with E-state index in [2.05, 4.69) is 4.99 Å². The maximum atomic E-state index is 13.1. The van der Waals surface area contributed by atoms with E-state index in [0.717, 1.165) is 23.9 Å². The smallest absolute Gasteiger partial charge is 0.416 e. The minimum Gasteiger partial charge on any atom is -0.465 e. The summed E-state index contributed by atoms with van der Waals surface area (Å²) in [6.45, 7) is 1.88. The Kier molecular flexibility index (Phi) is 5.44. The third-order valence-corrected chi connectivity index (χ3v) is 6.82. The number of halogens is 3. The van der Waals surface area contributed by atoms with Crippen molar-refractivity contribution in [2.45, 2.75) is 25.2 Å². The molecule has 0 radical (unpaired) electrons. The molecule has 148 valence electrons. The molecule has 2 aliphatic heterocycles. The van der Waals surface area contributed by atoms with Gasteiger partial charge in [0.1, 0.15) is 0 Å². The zero-order chi connectivity index (χ0) is 19.8. The van der Waals surface area contributed by atoms with Gasteiger partial charge in [0, 0.05) is 5.69 Å². The number of sulfone groups is 1. The summed E-state index contributed by atoms with van der Waals surface area (Å²) >= 11 is 1.03. The van der Waals surface area contributed by atoms with Gasteiger partial charge in [-0.3, -0.25) is 9.79 Å². The number of hydrogen-bond acceptors (Lipinski definition) is 7. The van der Waals surface area contributed by atoms with E-state index in [1.165, 1.54) is 17.0 Å². The van der Waals surface area contributed by atoms with Crippen molar-refractivity contribution in [3.8, 4) is 0 Å². The standard InChI is InChI=1S/C16H17F3N2O4S2/c1-2-25-14(22)7-26-15-20-12-8-27(23,24)9-13(12)21(15)11-5-3-4-10(6-11)16(17,18)19/h3-6,12-13H,2,7-9H2,1H3/t12-,13+/m1/s1. The largest absolute Gasteiger partial charge is 0.465 e. The van der Waals surface area contributed by atoms with Crippen molar-refractivity contribution in [3.63, 3.8) is 0 Å². The topological polar surface area (TPSA) is 76.0 Å². The zero-order valence-corrected chi connectivity index (χ0v) is 15.9. The molecule has 1 aromatic rings. The van der Waals surface area contributed by atoms with Gasteiger partial charge in [-0.1, -0.05) is 17.8 Å². The zero-order valence-electron chi connectivity index (χ0n) is 14.3. The van der Waals surface area contributed by atoms with E-state index in [0.29, 0.717) is 5.17 Å². The lowest BCUT2D eigenvalue weighted by Gasteiger charge is -2.27. The monoisotopic (exact) mass is 422 g/mol. The number of alkyl halides is 3. The van der Waals surface area contributed by atoms with Crippen molar-refractivity contribution in [1.82, 2.24) is 0 Å². The lowest BCUT2D eigenvalue weighted by Crippen LogP contribution is -2.39. The van der Waals surface area contributed by atoms with Crippen LogP contribution in [0.1, 0.15) is 12.5 Å². The minimum atomic E-state index is -4.52. The number of carbonyl (C=O) groups excluding carboxylic acids is 1. The SMILES string of the molecule is CCOC(=O)CSC1=N[C@@H]2CS(=O)(=O)C[C@@H]2N1c1cccc(C(F)(F)F)c1. The molecule has 0 bridgehead atoms. The van der Waals surface area contributed by atoms with Crippen LogP contribution in [-0.4, -0.2) is 55.5 Å². The van der Waals surface area contributed by atoms with Crippen molar-refractivity contribution < 1.29 is 31.1 Å². The molecule has 0 aromatic heterocycles. The number of hydrogen-bond donors (Lipinski definition) is 0. The summed E-state index contributed by atoms with van der Waals surface area (Å²) in [6.07, 6.45) is -4.52. The predicted octanol–water partition coefficient (Wildman–Crippen LogP) is 2.34. The van der Waals surface area contributed by atoms with Crippen LogP contribution in [0.3, 0.4) is 0 Å². The Bertz CT molecular complexity index is 871. The van der Waals surface area contributed by atoms with E-state index >= 15 is 0 Å². The van der Waals surface area contributed by atoms with E-state index in [1.54, 1.807) is 6.92 Å². The molecule has 0 aliphatic carbocycles. The van der Waals surface area contributed by atoms with Gasteiger partial charge < -0.3 is 9.64 Å². The first-order chi connectivity index (χ1) is 12.6. The fourth-order valence-electron chi connectivity index (χ4n) is 3.09. The second-order valence-corrected chi connectivity index (χ2v) is 9.23. The Morgan fingerprint density at radius 1 is 1.37 bits per heavy atom. The summed E-state index contributed by atoms with van der Waals surface area (Å²) in [7, 11) is -3.32. The number of carbonyl (C=O) groups is 1. The Hall–Kier alpha value is -1.75. The average Bonchev–Trinajstić information content (AvgIpc) is 3.03. The second kappa shape index (κ2) is 7.34. The molecular formula is C16H17F3N2O4S2. The fraction of sp³-hybridized carbons (Fsp3) is 0.500. The molecule has 1 saturated heterocycles. The highest BCUT2D eigenvalue weighted by Crippen LogP contribution is 2.37. The summed E-state index contributed by atoms with van der Waals surface area (Å²) < 4.78 is 68.0. The number of benzene rings is 1. The average molecular weight is 422 g/mol. The molecular weight excluding hydrogens is 405 g/mol. The summed E-state index contributed by atoms with van der Waals surface area (Å²) in [5.41, 5.74) is -0.636. The van der Waals surface area contributed by atoms with E-state index in [9.17, 15) is 26.4 Å². The molecule has 2 aliphatic rings. The van der Waals surface area contributed by atoms with Crippen molar-refractivity contribution >= 4 is 38.4 Å². The maximum Gasteiger partial charge on any atom is 0.416 e. The highest BCUT2D eigenvalue weighted by molar-refractivity contribution is 8.14. The molecule has 2 atom stereocenters. The van der Waals surface area contributed by atoms with Gasteiger partial charge >= 0.3 is 12.1 Å². The number of nitrogens with zero attached hydrogens (tertiary/aromatic N) is 2. The number of rotatable bonds is 4. The number of aliphatic imine (C=N–C) groups is 1. The predicted molar refractivity (Wildman–Crippen MR) is 96.7 cm³/mol. The van der Waals surface area contributed by atoms with Crippen LogP contribution in [0.15, 0.2) is 29.3 Å².